The molecular weight excluding hydrogens is 226 g/mol. The molecule has 0 bridgehead atoms. The van der Waals surface area contributed by atoms with Crippen LogP contribution in [-0.4, -0.2) is 26.4 Å². The Bertz CT molecular complexity index is 443. The molecule has 2 atom stereocenters. The molecule has 0 saturated carbocycles. The van der Waals surface area contributed by atoms with Crippen LogP contribution in [0, 0.1) is 20.8 Å². The van der Waals surface area contributed by atoms with Gasteiger partial charge in [0.1, 0.15) is 5.75 Å². The Balaban J connectivity index is 2.45. The Labute approximate surface area is 109 Å². The summed E-state index contributed by atoms with van der Waals surface area (Å²) in [4.78, 5) is 0. The molecule has 2 unspecified atom stereocenters. The zero-order valence-corrected chi connectivity index (χ0v) is 12.0. The highest BCUT2D eigenvalue weighted by atomic mass is 16.5. The quantitative estimate of drug-likeness (QED) is 0.874. The Kier molecular flexibility index (Phi) is 3.93. The van der Waals surface area contributed by atoms with Crippen LogP contribution in [0.2, 0.25) is 0 Å². The highest BCUT2D eigenvalue weighted by molar-refractivity contribution is 5.50. The van der Waals surface area contributed by atoms with Gasteiger partial charge in [-0.3, -0.25) is 0 Å². The van der Waals surface area contributed by atoms with Crippen LogP contribution >= 0.6 is 0 Å². The van der Waals surface area contributed by atoms with Crippen molar-refractivity contribution < 1.29 is 9.47 Å². The fourth-order valence-electron chi connectivity index (χ4n) is 2.81. The summed E-state index contributed by atoms with van der Waals surface area (Å²) in [6.07, 6.45) is 0.213. The van der Waals surface area contributed by atoms with E-state index in [1.807, 2.05) is 0 Å². The van der Waals surface area contributed by atoms with Crippen LogP contribution in [0.3, 0.4) is 0 Å². The van der Waals surface area contributed by atoms with Gasteiger partial charge in [0.05, 0.1) is 25.9 Å². The Morgan fingerprint density at radius 2 is 2.00 bits per heavy atom. The standard InChI is InChI=1S/C15H23NO2/c1-9-8-13(10(2)11(3)15(9)17-5)14-12(4)18-7-6-16-14/h8,12,14,16H,6-7H2,1-5H3. The molecule has 18 heavy (non-hydrogen) atoms. The maximum atomic E-state index is 5.74. The lowest BCUT2D eigenvalue weighted by molar-refractivity contribution is 0.00735. The zero-order valence-electron chi connectivity index (χ0n) is 12.0. The first-order chi connectivity index (χ1) is 8.56. The Morgan fingerprint density at radius 1 is 1.28 bits per heavy atom. The third-order valence-electron chi connectivity index (χ3n) is 3.92. The lowest BCUT2D eigenvalue weighted by atomic mass is 9.91. The summed E-state index contributed by atoms with van der Waals surface area (Å²) in [6.45, 7) is 10.2. The van der Waals surface area contributed by atoms with Gasteiger partial charge < -0.3 is 14.8 Å². The molecule has 3 nitrogen and oxygen atoms in total. The molecule has 100 valence electrons. The van der Waals surface area contributed by atoms with Crippen molar-refractivity contribution in [3.8, 4) is 5.75 Å². The highest BCUT2D eigenvalue weighted by Crippen LogP contribution is 2.33. The van der Waals surface area contributed by atoms with Crippen LogP contribution in [0.1, 0.15) is 35.2 Å². The van der Waals surface area contributed by atoms with E-state index in [1.54, 1.807) is 7.11 Å². The molecule has 0 aromatic heterocycles. The molecule has 1 aromatic rings. The summed E-state index contributed by atoms with van der Waals surface area (Å²) >= 11 is 0. The van der Waals surface area contributed by atoms with Gasteiger partial charge in [0, 0.05) is 6.54 Å². The SMILES string of the molecule is COc1c(C)cc(C2NCCOC2C)c(C)c1C. The minimum Gasteiger partial charge on any atom is -0.496 e. The third kappa shape index (κ3) is 2.25. The Morgan fingerprint density at radius 3 is 2.61 bits per heavy atom. The Hall–Kier alpha value is -1.06. The normalized spacial score (nSPS) is 24.1. The van der Waals surface area contributed by atoms with Gasteiger partial charge in [-0.1, -0.05) is 6.07 Å². The second kappa shape index (κ2) is 5.29. The number of ether oxygens (including phenoxy) is 2. The van der Waals surface area contributed by atoms with Crippen LogP contribution in [-0.2, 0) is 4.74 Å². The minimum atomic E-state index is 0.213. The summed E-state index contributed by atoms with van der Waals surface area (Å²) in [7, 11) is 1.74. The average molecular weight is 249 g/mol. The molecule has 1 fully saturated rings. The molecule has 0 radical (unpaired) electrons. The smallest absolute Gasteiger partial charge is 0.124 e. The van der Waals surface area contributed by atoms with Crippen molar-refractivity contribution in [2.75, 3.05) is 20.3 Å². The van der Waals surface area contributed by atoms with E-state index in [-0.39, 0.29) is 12.1 Å². The molecule has 2 rings (SSSR count). The summed E-state index contributed by atoms with van der Waals surface area (Å²) in [5.41, 5.74) is 5.05. The predicted octanol–water partition coefficient (Wildman–Crippen LogP) is 2.67. The van der Waals surface area contributed by atoms with Gasteiger partial charge in [0.2, 0.25) is 0 Å². The number of morpholine rings is 1. The number of hydrogen-bond donors (Lipinski definition) is 1. The van der Waals surface area contributed by atoms with Crippen molar-refractivity contribution in [3.05, 3.63) is 28.3 Å². The van der Waals surface area contributed by atoms with E-state index in [1.165, 1.54) is 22.3 Å². The van der Waals surface area contributed by atoms with Gasteiger partial charge in [-0.15, -0.1) is 0 Å². The van der Waals surface area contributed by atoms with Crippen LogP contribution in [0.4, 0.5) is 0 Å². The monoisotopic (exact) mass is 249 g/mol. The maximum absolute atomic E-state index is 5.74. The van der Waals surface area contributed by atoms with Gasteiger partial charge in [0.25, 0.3) is 0 Å². The lowest BCUT2D eigenvalue weighted by Crippen LogP contribution is -2.40. The molecule has 1 heterocycles. The lowest BCUT2D eigenvalue weighted by Gasteiger charge is -2.32. The van der Waals surface area contributed by atoms with Gasteiger partial charge in [-0.25, -0.2) is 0 Å². The number of methoxy groups -OCH3 is 1. The van der Waals surface area contributed by atoms with Crippen molar-refractivity contribution in [1.82, 2.24) is 5.32 Å². The van der Waals surface area contributed by atoms with Crippen molar-refractivity contribution in [3.63, 3.8) is 0 Å². The summed E-state index contributed by atoms with van der Waals surface area (Å²) < 4.78 is 11.2. The van der Waals surface area contributed by atoms with Gasteiger partial charge in [-0.05, 0) is 49.9 Å². The van der Waals surface area contributed by atoms with E-state index in [0.717, 1.165) is 18.9 Å². The first-order valence-corrected chi connectivity index (χ1v) is 6.56. The number of rotatable bonds is 2. The molecule has 0 aliphatic carbocycles. The van der Waals surface area contributed by atoms with Gasteiger partial charge >= 0.3 is 0 Å². The molecule has 1 N–H and O–H groups in total. The van der Waals surface area contributed by atoms with Gasteiger partial charge in [0.15, 0.2) is 0 Å². The number of hydrogen-bond acceptors (Lipinski definition) is 3. The minimum absolute atomic E-state index is 0.213. The van der Waals surface area contributed by atoms with Crippen LogP contribution in [0.15, 0.2) is 6.07 Å². The van der Waals surface area contributed by atoms with E-state index in [2.05, 4.69) is 39.1 Å². The topological polar surface area (TPSA) is 30.5 Å². The first-order valence-electron chi connectivity index (χ1n) is 6.56. The van der Waals surface area contributed by atoms with E-state index < -0.39 is 0 Å². The molecule has 0 spiro atoms. The molecular formula is C15H23NO2. The van der Waals surface area contributed by atoms with Crippen molar-refractivity contribution in [2.24, 2.45) is 0 Å². The fraction of sp³-hybridized carbons (Fsp3) is 0.600. The van der Waals surface area contributed by atoms with E-state index in [9.17, 15) is 0 Å². The van der Waals surface area contributed by atoms with E-state index in [4.69, 9.17) is 9.47 Å². The van der Waals surface area contributed by atoms with Crippen LogP contribution in [0.25, 0.3) is 0 Å². The van der Waals surface area contributed by atoms with E-state index in [0.29, 0.717) is 0 Å². The average Bonchev–Trinajstić information content (AvgIpc) is 2.35. The predicted molar refractivity (Wildman–Crippen MR) is 73.4 cm³/mol. The summed E-state index contributed by atoms with van der Waals surface area (Å²) in [6, 6.07) is 2.51. The molecule has 1 aromatic carbocycles. The highest BCUT2D eigenvalue weighted by Gasteiger charge is 2.26. The third-order valence-corrected chi connectivity index (χ3v) is 3.92. The molecule has 0 amide bonds. The molecule has 3 heteroatoms. The van der Waals surface area contributed by atoms with Crippen molar-refractivity contribution in [1.29, 1.82) is 0 Å². The fourth-order valence-corrected chi connectivity index (χ4v) is 2.81. The number of aryl methyl sites for hydroxylation is 1. The number of nitrogens with one attached hydrogen (secondary N) is 1. The van der Waals surface area contributed by atoms with E-state index >= 15 is 0 Å². The second-order valence-corrected chi connectivity index (χ2v) is 5.07. The number of benzene rings is 1. The summed E-state index contributed by atoms with van der Waals surface area (Å²) in [5, 5.41) is 3.55. The van der Waals surface area contributed by atoms with Crippen molar-refractivity contribution in [2.45, 2.75) is 39.8 Å². The van der Waals surface area contributed by atoms with Crippen molar-refractivity contribution >= 4 is 0 Å². The molecule has 1 aliphatic heterocycles. The summed E-state index contributed by atoms with van der Waals surface area (Å²) in [5.74, 6) is 1.00. The maximum Gasteiger partial charge on any atom is 0.124 e. The second-order valence-electron chi connectivity index (χ2n) is 5.07. The largest absolute Gasteiger partial charge is 0.496 e. The zero-order chi connectivity index (χ0) is 13.3. The molecule has 1 aliphatic rings. The van der Waals surface area contributed by atoms with Crippen LogP contribution in [0.5, 0.6) is 5.75 Å². The molecule has 1 saturated heterocycles. The van der Waals surface area contributed by atoms with Crippen LogP contribution < -0.4 is 10.1 Å². The first kappa shape index (κ1) is 13.4. The van der Waals surface area contributed by atoms with Gasteiger partial charge in [-0.2, -0.15) is 0 Å².